The van der Waals surface area contributed by atoms with E-state index in [1.165, 1.54) is 30.1 Å². The van der Waals surface area contributed by atoms with E-state index in [9.17, 15) is 19.7 Å². The second kappa shape index (κ2) is 7.57. The van der Waals surface area contributed by atoms with Crippen LogP contribution in [-0.4, -0.2) is 35.2 Å². The van der Waals surface area contributed by atoms with Gasteiger partial charge in [-0.25, -0.2) is 0 Å². The maximum Gasteiger partial charge on any atom is 0.270 e. The molecule has 0 spiro atoms. The Morgan fingerprint density at radius 3 is 2.36 bits per heavy atom. The monoisotopic (exact) mass is 341 g/mol. The molecule has 2 rings (SSSR count). The Labute approximate surface area is 145 Å². The molecular weight excluding hydrogens is 322 g/mol. The maximum absolute atomic E-state index is 12.5. The molecule has 0 aliphatic rings. The van der Waals surface area contributed by atoms with Crippen molar-refractivity contribution in [1.82, 2.24) is 4.90 Å². The number of benzene rings is 2. The molecule has 130 valence electrons. The van der Waals surface area contributed by atoms with Gasteiger partial charge >= 0.3 is 0 Å². The highest BCUT2D eigenvalue weighted by atomic mass is 16.6. The van der Waals surface area contributed by atoms with Crippen LogP contribution in [0.25, 0.3) is 0 Å². The number of nitro groups is 1. The number of amides is 2. The fraction of sp³-hybridized carbons (Fsp3) is 0.222. The van der Waals surface area contributed by atoms with E-state index in [2.05, 4.69) is 5.32 Å². The summed E-state index contributed by atoms with van der Waals surface area (Å²) in [6.45, 7) is 3.48. The van der Waals surface area contributed by atoms with Crippen molar-refractivity contribution >= 4 is 23.2 Å². The van der Waals surface area contributed by atoms with Gasteiger partial charge in [0.25, 0.3) is 11.6 Å². The number of nitro benzene ring substituents is 1. The van der Waals surface area contributed by atoms with E-state index >= 15 is 0 Å². The first-order chi connectivity index (χ1) is 11.8. The van der Waals surface area contributed by atoms with Crippen LogP contribution in [0.1, 0.15) is 21.5 Å². The lowest BCUT2D eigenvalue weighted by Crippen LogP contribution is -2.35. The molecule has 7 nitrogen and oxygen atoms in total. The number of nitrogens with one attached hydrogen (secondary N) is 1. The van der Waals surface area contributed by atoms with Gasteiger partial charge in [-0.05, 0) is 31.5 Å². The molecule has 0 saturated heterocycles. The van der Waals surface area contributed by atoms with Gasteiger partial charge in [0.1, 0.15) is 0 Å². The number of non-ortho nitro benzene ring substituents is 1. The molecule has 25 heavy (non-hydrogen) atoms. The van der Waals surface area contributed by atoms with E-state index in [1.54, 1.807) is 19.1 Å². The number of nitrogens with zero attached hydrogens (tertiary/aromatic N) is 2. The van der Waals surface area contributed by atoms with Gasteiger partial charge in [-0.3, -0.25) is 19.7 Å². The standard InChI is InChI=1S/C18H19N3O4/c1-12-4-7-14(8-5-12)19-17(22)11-20(3)18(23)16-10-15(21(24)25)9-6-13(16)2/h4-10H,11H2,1-3H3,(H,19,22). The van der Waals surface area contributed by atoms with Crippen LogP contribution in [0.5, 0.6) is 0 Å². The Hall–Kier alpha value is -3.22. The van der Waals surface area contributed by atoms with Gasteiger partial charge in [-0.15, -0.1) is 0 Å². The van der Waals surface area contributed by atoms with Crippen LogP contribution in [0.15, 0.2) is 42.5 Å². The predicted molar refractivity (Wildman–Crippen MR) is 94.6 cm³/mol. The van der Waals surface area contributed by atoms with E-state index in [0.29, 0.717) is 11.3 Å². The zero-order chi connectivity index (χ0) is 18.6. The van der Waals surface area contributed by atoms with Crippen LogP contribution >= 0.6 is 0 Å². The number of anilines is 1. The van der Waals surface area contributed by atoms with Crippen molar-refractivity contribution in [3.8, 4) is 0 Å². The number of likely N-dealkylation sites (N-methyl/N-ethyl adjacent to an activating group) is 1. The van der Waals surface area contributed by atoms with E-state index in [1.807, 2.05) is 19.1 Å². The average molecular weight is 341 g/mol. The summed E-state index contributed by atoms with van der Waals surface area (Å²) in [4.78, 5) is 36.1. The van der Waals surface area contributed by atoms with Crippen molar-refractivity contribution in [2.45, 2.75) is 13.8 Å². The maximum atomic E-state index is 12.5. The lowest BCUT2D eigenvalue weighted by molar-refractivity contribution is -0.384. The Bertz CT molecular complexity index is 816. The molecule has 0 fully saturated rings. The smallest absolute Gasteiger partial charge is 0.270 e. The predicted octanol–water partition coefficient (Wildman–Crippen LogP) is 2.92. The van der Waals surface area contributed by atoms with Gasteiger partial charge in [0.15, 0.2) is 0 Å². The quantitative estimate of drug-likeness (QED) is 0.668. The van der Waals surface area contributed by atoms with Crippen LogP contribution in [0, 0.1) is 24.0 Å². The van der Waals surface area contributed by atoms with Crippen molar-refractivity contribution in [1.29, 1.82) is 0 Å². The summed E-state index contributed by atoms with van der Waals surface area (Å²) in [6.07, 6.45) is 0. The fourth-order valence-corrected chi connectivity index (χ4v) is 2.28. The molecule has 2 aromatic carbocycles. The molecule has 2 aromatic rings. The topological polar surface area (TPSA) is 92.6 Å². The minimum absolute atomic E-state index is 0.158. The van der Waals surface area contributed by atoms with Gasteiger partial charge in [0.2, 0.25) is 5.91 Å². The second-order valence-electron chi connectivity index (χ2n) is 5.83. The molecule has 0 aliphatic carbocycles. The number of aryl methyl sites for hydroxylation is 2. The van der Waals surface area contributed by atoms with Crippen LogP contribution < -0.4 is 5.32 Å². The largest absolute Gasteiger partial charge is 0.332 e. The molecule has 0 atom stereocenters. The summed E-state index contributed by atoms with van der Waals surface area (Å²) in [5, 5.41) is 13.6. The van der Waals surface area contributed by atoms with Crippen molar-refractivity contribution in [2.24, 2.45) is 0 Å². The number of rotatable bonds is 5. The minimum Gasteiger partial charge on any atom is -0.332 e. The molecule has 0 heterocycles. The zero-order valence-corrected chi connectivity index (χ0v) is 14.3. The number of carbonyl (C=O) groups is 2. The van der Waals surface area contributed by atoms with Gasteiger partial charge in [0.05, 0.1) is 11.5 Å². The molecule has 7 heteroatoms. The number of carbonyl (C=O) groups excluding carboxylic acids is 2. The van der Waals surface area contributed by atoms with Gasteiger partial charge < -0.3 is 10.2 Å². The summed E-state index contributed by atoms with van der Waals surface area (Å²) in [7, 11) is 1.48. The summed E-state index contributed by atoms with van der Waals surface area (Å²) >= 11 is 0. The molecule has 0 aromatic heterocycles. The van der Waals surface area contributed by atoms with Gasteiger partial charge in [0, 0.05) is 30.4 Å². The first-order valence-electron chi connectivity index (χ1n) is 7.65. The molecule has 0 aliphatic heterocycles. The highest BCUT2D eigenvalue weighted by Crippen LogP contribution is 2.18. The summed E-state index contributed by atoms with van der Waals surface area (Å²) in [5.41, 5.74) is 2.38. The summed E-state index contributed by atoms with van der Waals surface area (Å²) < 4.78 is 0. The first kappa shape index (κ1) is 18.1. The molecule has 0 bridgehead atoms. The third kappa shape index (κ3) is 4.63. The van der Waals surface area contributed by atoms with Crippen LogP contribution in [0.3, 0.4) is 0 Å². The lowest BCUT2D eigenvalue weighted by atomic mass is 10.1. The summed E-state index contributed by atoms with van der Waals surface area (Å²) in [5.74, 6) is -0.789. The lowest BCUT2D eigenvalue weighted by Gasteiger charge is -2.18. The average Bonchev–Trinajstić information content (AvgIpc) is 2.56. The minimum atomic E-state index is -0.555. The second-order valence-corrected chi connectivity index (χ2v) is 5.83. The third-order valence-corrected chi connectivity index (χ3v) is 3.73. The van der Waals surface area contributed by atoms with Crippen LogP contribution in [0.4, 0.5) is 11.4 Å². The zero-order valence-electron chi connectivity index (χ0n) is 14.3. The highest BCUT2D eigenvalue weighted by molar-refractivity contribution is 6.00. The molecule has 0 unspecified atom stereocenters. The Balaban J connectivity index is 2.07. The fourth-order valence-electron chi connectivity index (χ4n) is 2.28. The van der Waals surface area contributed by atoms with Gasteiger partial charge in [-0.2, -0.15) is 0 Å². The molecule has 1 N–H and O–H groups in total. The molecule has 0 saturated carbocycles. The third-order valence-electron chi connectivity index (χ3n) is 3.73. The van der Waals surface area contributed by atoms with E-state index in [0.717, 1.165) is 5.56 Å². The number of hydrogen-bond acceptors (Lipinski definition) is 4. The van der Waals surface area contributed by atoms with Crippen molar-refractivity contribution in [2.75, 3.05) is 18.9 Å². The van der Waals surface area contributed by atoms with Crippen LogP contribution in [-0.2, 0) is 4.79 Å². The van der Waals surface area contributed by atoms with E-state index in [4.69, 9.17) is 0 Å². The Morgan fingerprint density at radius 2 is 1.76 bits per heavy atom. The first-order valence-corrected chi connectivity index (χ1v) is 7.65. The van der Waals surface area contributed by atoms with Crippen molar-refractivity contribution in [3.05, 3.63) is 69.3 Å². The Morgan fingerprint density at radius 1 is 1.12 bits per heavy atom. The van der Waals surface area contributed by atoms with Gasteiger partial charge in [-0.1, -0.05) is 23.8 Å². The summed E-state index contributed by atoms with van der Waals surface area (Å²) in [6, 6.07) is 11.4. The normalized spacial score (nSPS) is 10.2. The van der Waals surface area contributed by atoms with E-state index < -0.39 is 10.8 Å². The molecule has 0 radical (unpaired) electrons. The Kier molecular flexibility index (Phi) is 5.49. The molecule has 2 amide bonds. The van der Waals surface area contributed by atoms with Crippen molar-refractivity contribution in [3.63, 3.8) is 0 Å². The highest BCUT2D eigenvalue weighted by Gasteiger charge is 2.19. The van der Waals surface area contributed by atoms with Crippen LogP contribution in [0.2, 0.25) is 0 Å². The van der Waals surface area contributed by atoms with E-state index in [-0.39, 0.29) is 23.7 Å². The molecular formula is C18H19N3O4. The number of hydrogen-bond donors (Lipinski definition) is 1. The van der Waals surface area contributed by atoms with Crippen molar-refractivity contribution < 1.29 is 14.5 Å². The SMILES string of the molecule is Cc1ccc(NC(=O)CN(C)C(=O)c2cc([N+](=O)[O-])ccc2C)cc1.